The molecule has 0 aromatic heterocycles. The molecule has 6 heteroatoms. The lowest BCUT2D eigenvalue weighted by molar-refractivity contribution is -0.119. The summed E-state index contributed by atoms with van der Waals surface area (Å²) in [5, 5.41) is 0. The van der Waals surface area contributed by atoms with Crippen LogP contribution in [0.5, 0.6) is 5.75 Å². The van der Waals surface area contributed by atoms with E-state index in [1.165, 1.54) is 36.0 Å². The highest BCUT2D eigenvalue weighted by atomic mass is 32.2. The van der Waals surface area contributed by atoms with Crippen LogP contribution in [0.4, 0.5) is 10.1 Å². The predicted molar refractivity (Wildman–Crippen MR) is 125 cm³/mol. The van der Waals surface area contributed by atoms with Crippen LogP contribution in [0.25, 0.3) is 5.57 Å². The number of amides is 2. The van der Waals surface area contributed by atoms with E-state index >= 15 is 0 Å². The fourth-order valence-electron chi connectivity index (χ4n) is 3.27. The second-order valence-electron chi connectivity index (χ2n) is 7.77. The van der Waals surface area contributed by atoms with Crippen LogP contribution in [0.3, 0.4) is 0 Å². The number of thioether (sulfide) groups is 1. The van der Waals surface area contributed by atoms with Gasteiger partial charge in [-0.25, -0.2) is 9.29 Å². The maximum absolute atomic E-state index is 13.4. The minimum atomic E-state index is -0.434. The standard InChI is InChI=1S/C26H22FNO3S/c1-17(2)16-31-21-14-8-18(9-15-21)23-24(32-22-6-4-3-5-7-22)26(30)28(25(23)29)20-12-10-19(27)11-13-20/h3-15,17H,16H2,1-2H3. The molecular weight excluding hydrogens is 425 g/mol. The minimum Gasteiger partial charge on any atom is -0.493 e. The van der Waals surface area contributed by atoms with Crippen molar-refractivity contribution in [1.82, 2.24) is 0 Å². The van der Waals surface area contributed by atoms with Gasteiger partial charge in [0.05, 0.1) is 22.8 Å². The monoisotopic (exact) mass is 447 g/mol. The van der Waals surface area contributed by atoms with Gasteiger partial charge in [0.25, 0.3) is 11.8 Å². The first-order chi connectivity index (χ1) is 15.4. The summed E-state index contributed by atoms with van der Waals surface area (Å²) in [6.45, 7) is 4.73. The number of ether oxygens (including phenoxy) is 1. The molecule has 4 rings (SSSR count). The van der Waals surface area contributed by atoms with E-state index in [9.17, 15) is 14.0 Å². The van der Waals surface area contributed by atoms with E-state index < -0.39 is 17.6 Å². The Labute approximate surface area is 190 Å². The molecule has 0 bridgehead atoms. The maximum Gasteiger partial charge on any atom is 0.272 e. The smallest absolute Gasteiger partial charge is 0.272 e. The molecule has 0 fully saturated rings. The van der Waals surface area contributed by atoms with Crippen LogP contribution in [-0.2, 0) is 9.59 Å². The molecule has 1 aliphatic heterocycles. The Morgan fingerprint density at radius 3 is 2.16 bits per heavy atom. The molecule has 0 saturated carbocycles. The molecule has 0 atom stereocenters. The van der Waals surface area contributed by atoms with Crippen LogP contribution in [0.15, 0.2) is 88.7 Å². The van der Waals surface area contributed by atoms with Crippen molar-refractivity contribution in [3.63, 3.8) is 0 Å². The van der Waals surface area contributed by atoms with Crippen LogP contribution in [-0.4, -0.2) is 18.4 Å². The molecule has 162 valence electrons. The molecule has 0 saturated heterocycles. The number of carbonyl (C=O) groups excluding carboxylic acids is 2. The first-order valence-corrected chi connectivity index (χ1v) is 11.1. The molecule has 0 aliphatic carbocycles. The van der Waals surface area contributed by atoms with Crippen molar-refractivity contribution in [2.75, 3.05) is 11.5 Å². The number of carbonyl (C=O) groups is 2. The molecule has 1 aliphatic rings. The van der Waals surface area contributed by atoms with Crippen molar-refractivity contribution < 1.29 is 18.7 Å². The van der Waals surface area contributed by atoms with Crippen molar-refractivity contribution in [1.29, 1.82) is 0 Å². The Morgan fingerprint density at radius 2 is 1.53 bits per heavy atom. The summed E-state index contributed by atoms with van der Waals surface area (Å²) in [5.74, 6) is -0.199. The highest BCUT2D eigenvalue weighted by Crippen LogP contribution is 2.41. The van der Waals surface area contributed by atoms with Crippen LogP contribution in [0.2, 0.25) is 0 Å². The minimum absolute atomic E-state index is 0.323. The van der Waals surface area contributed by atoms with Gasteiger partial charge < -0.3 is 4.74 Å². The summed E-state index contributed by atoms with van der Waals surface area (Å²) < 4.78 is 19.1. The summed E-state index contributed by atoms with van der Waals surface area (Å²) in [7, 11) is 0. The third-order valence-corrected chi connectivity index (χ3v) is 5.91. The van der Waals surface area contributed by atoms with Gasteiger partial charge in [-0.15, -0.1) is 0 Å². The average molecular weight is 448 g/mol. The Hall–Kier alpha value is -3.38. The second-order valence-corrected chi connectivity index (χ2v) is 8.85. The Kier molecular flexibility index (Phi) is 6.42. The highest BCUT2D eigenvalue weighted by Gasteiger charge is 2.40. The van der Waals surface area contributed by atoms with Crippen LogP contribution in [0.1, 0.15) is 19.4 Å². The van der Waals surface area contributed by atoms with Crippen LogP contribution < -0.4 is 9.64 Å². The molecule has 0 unspecified atom stereocenters. The molecule has 0 N–H and O–H groups in total. The van der Waals surface area contributed by atoms with Crippen LogP contribution in [0, 0.1) is 11.7 Å². The van der Waals surface area contributed by atoms with Gasteiger partial charge in [-0.2, -0.15) is 0 Å². The number of rotatable bonds is 7. The van der Waals surface area contributed by atoms with Gasteiger partial charge >= 0.3 is 0 Å². The van der Waals surface area contributed by atoms with Gasteiger partial charge in [0.2, 0.25) is 0 Å². The molecule has 32 heavy (non-hydrogen) atoms. The van der Waals surface area contributed by atoms with Crippen molar-refractivity contribution in [3.05, 3.63) is 95.1 Å². The quantitative estimate of drug-likeness (QED) is 0.421. The van der Waals surface area contributed by atoms with Crippen LogP contribution >= 0.6 is 11.8 Å². The van der Waals surface area contributed by atoms with E-state index in [-0.39, 0.29) is 0 Å². The van der Waals surface area contributed by atoms with Gasteiger partial charge in [0, 0.05) is 4.90 Å². The van der Waals surface area contributed by atoms with E-state index in [0.717, 1.165) is 9.80 Å². The Bertz CT molecular complexity index is 1160. The van der Waals surface area contributed by atoms with E-state index in [1.54, 1.807) is 24.3 Å². The molecule has 3 aromatic rings. The van der Waals surface area contributed by atoms with Crippen molar-refractivity contribution in [3.8, 4) is 5.75 Å². The van der Waals surface area contributed by atoms with Gasteiger partial charge in [0.1, 0.15) is 11.6 Å². The molecule has 1 heterocycles. The lowest BCUT2D eigenvalue weighted by Crippen LogP contribution is -2.31. The largest absolute Gasteiger partial charge is 0.493 e. The average Bonchev–Trinajstić information content (AvgIpc) is 3.03. The zero-order valence-electron chi connectivity index (χ0n) is 17.7. The molecule has 2 amide bonds. The van der Waals surface area contributed by atoms with Crippen molar-refractivity contribution >= 4 is 34.8 Å². The SMILES string of the molecule is CC(C)COc1ccc(C2=C(Sc3ccccc3)C(=O)N(c3ccc(F)cc3)C2=O)cc1. The zero-order chi connectivity index (χ0) is 22.7. The first-order valence-electron chi connectivity index (χ1n) is 10.3. The third-order valence-electron chi connectivity index (χ3n) is 4.82. The number of hydrogen-bond acceptors (Lipinski definition) is 4. The topological polar surface area (TPSA) is 46.6 Å². The Morgan fingerprint density at radius 1 is 0.875 bits per heavy atom. The summed E-state index contributed by atoms with van der Waals surface area (Å²) in [4.78, 5) is 29.0. The van der Waals surface area contributed by atoms with E-state index in [4.69, 9.17) is 4.74 Å². The molecular formula is C26H22FNO3S. The predicted octanol–water partition coefficient (Wildman–Crippen LogP) is 5.94. The molecule has 3 aromatic carbocycles. The molecule has 0 radical (unpaired) electrons. The maximum atomic E-state index is 13.4. The lowest BCUT2D eigenvalue weighted by Gasteiger charge is -2.15. The zero-order valence-corrected chi connectivity index (χ0v) is 18.6. The highest BCUT2D eigenvalue weighted by molar-refractivity contribution is 8.04. The summed E-state index contributed by atoms with van der Waals surface area (Å²) in [6, 6.07) is 21.9. The Balaban J connectivity index is 1.72. The number of nitrogens with zero attached hydrogens (tertiary/aromatic N) is 1. The fourth-order valence-corrected chi connectivity index (χ4v) is 4.29. The van der Waals surface area contributed by atoms with Gasteiger partial charge in [-0.1, -0.05) is 55.9 Å². The molecule has 0 spiro atoms. The summed E-state index contributed by atoms with van der Waals surface area (Å²) >= 11 is 1.25. The van der Waals surface area contributed by atoms with E-state index in [0.29, 0.717) is 40.0 Å². The van der Waals surface area contributed by atoms with Gasteiger partial charge in [-0.3, -0.25) is 9.59 Å². The van der Waals surface area contributed by atoms with E-state index in [1.807, 2.05) is 30.3 Å². The normalized spacial score (nSPS) is 13.9. The van der Waals surface area contributed by atoms with Crippen molar-refractivity contribution in [2.24, 2.45) is 5.92 Å². The number of hydrogen-bond donors (Lipinski definition) is 0. The number of anilines is 1. The van der Waals surface area contributed by atoms with Gasteiger partial charge in [-0.05, 0) is 60.0 Å². The number of halogens is 1. The number of imide groups is 1. The summed E-state index contributed by atoms with van der Waals surface area (Å²) in [5.41, 5.74) is 1.28. The summed E-state index contributed by atoms with van der Waals surface area (Å²) in [6.07, 6.45) is 0. The molecule has 4 nitrogen and oxygen atoms in total. The van der Waals surface area contributed by atoms with E-state index in [2.05, 4.69) is 13.8 Å². The first kappa shape index (κ1) is 21.8. The fraction of sp³-hybridized carbons (Fsp3) is 0.154. The number of benzene rings is 3. The second kappa shape index (κ2) is 9.40. The lowest BCUT2D eigenvalue weighted by atomic mass is 10.1. The van der Waals surface area contributed by atoms with Gasteiger partial charge in [0.15, 0.2) is 0 Å². The third kappa shape index (κ3) is 4.60. The van der Waals surface area contributed by atoms with Crippen molar-refractivity contribution in [2.45, 2.75) is 18.7 Å².